The Morgan fingerprint density at radius 1 is 0.933 bits per heavy atom. The van der Waals surface area contributed by atoms with E-state index >= 15 is 0 Å². The Balaban J connectivity index is 1.59. The van der Waals surface area contributed by atoms with Crippen LogP contribution in [0.4, 0.5) is 0 Å². The van der Waals surface area contributed by atoms with Crippen LogP contribution in [0.15, 0.2) is 30.5 Å². The van der Waals surface area contributed by atoms with Crippen LogP contribution in [0.3, 0.4) is 0 Å². The van der Waals surface area contributed by atoms with Gasteiger partial charge in [-0.3, -0.25) is 14.4 Å². The predicted molar refractivity (Wildman–Crippen MR) is 116 cm³/mol. The summed E-state index contributed by atoms with van der Waals surface area (Å²) in [7, 11) is 0. The van der Waals surface area contributed by atoms with Crippen molar-refractivity contribution in [2.75, 3.05) is 19.6 Å². The quantitative estimate of drug-likeness (QED) is 0.572. The molecule has 2 saturated heterocycles. The molecular weight excluding hydrogens is 378 g/mol. The number of hydrogen-bond acceptors (Lipinski definition) is 3. The van der Waals surface area contributed by atoms with Crippen molar-refractivity contribution in [3.05, 3.63) is 36.0 Å². The summed E-state index contributed by atoms with van der Waals surface area (Å²) in [5.41, 5.74) is 1.22. The highest BCUT2D eigenvalue weighted by Crippen LogP contribution is 2.25. The summed E-state index contributed by atoms with van der Waals surface area (Å²) in [6, 6.07) is 7.64. The van der Waals surface area contributed by atoms with Crippen molar-refractivity contribution in [2.24, 2.45) is 0 Å². The highest BCUT2D eigenvalue weighted by molar-refractivity contribution is 6.45. The van der Waals surface area contributed by atoms with Crippen LogP contribution in [0, 0.1) is 0 Å². The van der Waals surface area contributed by atoms with E-state index in [9.17, 15) is 14.4 Å². The van der Waals surface area contributed by atoms with Gasteiger partial charge >= 0.3 is 0 Å². The Kier molecular flexibility index (Phi) is 6.21. The fourth-order valence-electron chi connectivity index (χ4n) is 4.77. The number of likely N-dealkylation sites (tertiary alicyclic amines) is 2. The molecule has 0 radical (unpaired) electrons. The van der Waals surface area contributed by atoms with E-state index in [0.717, 1.165) is 56.1 Å². The highest BCUT2D eigenvalue weighted by Gasteiger charge is 2.31. The van der Waals surface area contributed by atoms with E-state index < -0.39 is 11.7 Å². The third-order valence-corrected chi connectivity index (χ3v) is 6.56. The second kappa shape index (κ2) is 9.02. The summed E-state index contributed by atoms with van der Waals surface area (Å²) in [5, 5.41) is 0.740. The van der Waals surface area contributed by atoms with Crippen molar-refractivity contribution in [1.29, 1.82) is 0 Å². The van der Waals surface area contributed by atoms with Crippen LogP contribution in [0.1, 0.15) is 62.2 Å². The summed E-state index contributed by atoms with van der Waals surface area (Å²) in [4.78, 5) is 42.7. The second-order valence-electron chi connectivity index (χ2n) is 8.66. The van der Waals surface area contributed by atoms with Gasteiger partial charge in [0.2, 0.25) is 5.91 Å². The van der Waals surface area contributed by atoms with Crippen molar-refractivity contribution < 1.29 is 14.4 Å². The fourth-order valence-corrected chi connectivity index (χ4v) is 4.77. The molecule has 2 aromatic rings. The number of carbonyl (C=O) groups excluding carboxylic acids is 3. The number of piperidine rings is 1. The van der Waals surface area contributed by atoms with Gasteiger partial charge in [-0.15, -0.1) is 0 Å². The van der Waals surface area contributed by atoms with Crippen LogP contribution in [0.5, 0.6) is 0 Å². The number of aromatic nitrogens is 1. The first kappa shape index (κ1) is 20.6. The molecule has 0 spiro atoms. The molecule has 160 valence electrons. The van der Waals surface area contributed by atoms with Gasteiger partial charge in [0.05, 0.1) is 5.56 Å². The molecule has 6 heteroatoms. The van der Waals surface area contributed by atoms with Gasteiger partial charge in [-0.2, -0.15) is 0 Å². The molecule has 1 aromatic carbocycles. The summed E-state index contributed by atoms with van der Waals surface area (Å²) < 4.78 is 1.84. The van der Waals surface area contributed by atoms with E-state index in [4.69, 9.17) is 0 Å². The normalized spacial score (nSPS) is 20.2. The lowest BCUT2D eigenvalue weighted by Crippen LogP contribution is -2.45. The van der Waals surface area contributed by atoms with E-state index in [1.54, 1.807) is 11.1 Å². The van der Waals surface area contributed by atoms with E-state index in [-0.39, 0.29) is 18.5 Å². The lowest BCUT2D eigenvalue weighted by atomic mass is 10.0. The SMILES string of the molecule is C[C@H]1CCCCN1C(=O)C(=O)c1cn(CC(=O)N2CCCCCC2)c2ccccc12. The number of ketones is 1. The molecule has 3 heterocycles. The average Bonchev–Trinajstić information content (AvgIpc) is 2.93. The van der Waals surface area contributed by atoms with Crippen molar-refractivity contribution in [1.82, 2.24) is 14.4 Å². The van der Waals surface area contributed by atoms with Crippen LogP contribution in [-0.2, 0) is 16.1 Å². The molecule has 2 aliphatic heterocycles. The first-order valence-electron chi connectivity index (χ1n) is 11.3. The average molecular weight is 410 g/mol. The van der Waals surface area contributed by atoms with Crippen molar-refractivity contribution >= 4 is 28.5 Å². The number of amides is 2. The number of hydrogen-bond donors (Lipinski definition) is 0. The molecule has 0 unspecified atom stereocenters. The molecule has 2 fully saturated rings. The van der Waals surface area contributed by atoms with Gasteiger partial charge in [0, 0.05) is 42.8 Å². The maximum absolute atomic E-state index is 13.1. The van der Waals surface area contributed by atoms with Crippen molar-refractivity contribution in [3.8, 4) is 0 Å². The Morgan fingerprint density at radius 3 is 2.37 bits per heavy atom. The fraction of sp³-hybridized carbons (Fsp3) is 0.542. The van der Waals surface area contributed by atoms with Gasteiger partial charge in [0.1, 0.15) is 6.54 Å². The molecule has 4 rings (SSSR count). The lowest BCUT2D eigenvalue weighted by Gasteiger charge is -2.32. The summed E-state index contributed by atoms with van der Waals surface area (Å²) in [6.07, 6.45) is 9.11. The molecule has 0 N–H and O–H groups in total. The van der Waals surface area contributed by atoms with Crippen LogP contribution >= 0.6 is 0 Å². The standard InChI is InChI=1S/C24H31N3O3/c1-18-10-6-9-15-27(18)24(30)23(29)20-16-26(21-12-5-4-11-19(20)21)17-22(28)25-13-7-2-3-8-14-25/h4-5,11-12,16,18H,2-3,6-10,13-15,17H2,1H3/t18-/m0/s1. The van der Waals surface area contributed by atoms with Crippen LogP contribution in [0.25, 0.3) is 10.9 Å². The van der Waals surface area contributed by atoms with Gasteiger partial charge in [0.25, 0.3) is 11.7 Å². The van der Waals surface area contributed by atoms with Crippen LogP contribution in [-0.4, -0.2) is 57.6 Å². The Bertz CT molecular complexity index is 940. The molecular formula is C24H31N3O3. The third kappa shape index (κ3) is 4.13. The van der Waals surface area contributed by atoms with Gasteiger partial charge in [-0.1, -0.05) is 31.0 Å². The number of Topliss-reactive ketones (excluding diaryl/α,β-unsaturated/α-hetero) is 1. The molecule has 2 amide bonds. The number of fused-ring (bicyclic) bond motifs is 1. The molecule has 1 atom stereocenters. The van der Waals surface area contributed by atoms with Gasteiger partial charge in [-0.05, 0) is 45.1 Å². The minimum Gasteiger partial charge on any atom is -0.341 e. The Morgan fingerprint density at radius 2 is 1.63 bits per heavy atom. The zero-order valence-electron chi connectivity index (χ0n) is 17.8. The highest BCUT2D eigenvalue weighted by atomic mass is 16.2. The summed E-state index contributed by atoms with van der Waals surface area (Å²) >= 11 is 0. The van der Waals surface area contributed by atoms with Gasteiger partial charge < -0.3 is 14.4 Å². The van der Waals surface area contributed by atoms with E-state index in [2.05, 4.69) is 0 Å². The molecule has 0 saturated carbocycles. The minimum atomic E-state index is -0.471. The third-order valence-electron chi connectivity index (χ3n) is 6.56. The van der Waals surface area contributed by atoms with E-state index in [1.165, 1.54) is 12.8 Å². The predicted octanol–water partition coefficient (Wildman–Crippen LogP) is 3.63. The largest absolute Gasteiger partial charge is 0.341 e. The molecule has 2 aliphatic rings. The zero-order chi connectivity index (χ0) is 21.1. The molecule has 1 aromatic heterocycles. The lowest BCUT2D eigenvalue weighted by molar-refractivity contribution is -0.131. The van der Waals surface area contributed by atoms with Gasteiger partial charge in [-0.25, -0.2) is 0 Å². The number of nitrogens with zero attached hydrogens (tertiary/aromatic N) is 3. The number of para-hydroxylation sites is 1. The molecule has 0 bridgehead atoms. The minimum absolute atomic E-state index is 0.0765. The summed E-state index contributed by atoms with van der Waals surface area (Å²) in [5.74, 6) is -0.822. The first-order chi connectivity index (χ1) is 14.6. The monoisotopic (exact) mass is 409 g/mol. The maximum atomic E-state index is 13.1. The zero-order valence-corrected chi connectivity index (χ0v) is 17.8. The van der Waals surface area contributed by atoms with Crippen molar-refractivity contribution in [2.45, 2.75) is 64.5 Å². The van der Waals surface area contributed by atoms with Gasteiger partial charge in [0.15, 0.2) is 0 Å². The second-order valence-corrected chi connectivity index (χ2v) is 8.66. The first-order valence-corrected chi connectivity index (χ1v) is 11.3. The maximum Gasteiger partial charge on any atom is 0.295 e. The Labute approximate surface area is 177 Å². The molecule has 0 aliphatic carbocycles. The van der Waals surface area contributed by atoms with E-state index in [0.29, 0.717) is 12.1 Å². The molecule has 6 nitrogen and oxygen atoms in total. The van der Waals surface area contributed by atoms with Crippen LogP contribution in [0.2, 0.25) is 0 Å². The van der Waals surface area contributed by atoms with Crippen molar-refractivity contribution in [3.63, 3.8) is 0 Å². The van der Waals surface area contributed by atoms with Crippen LogP contribution < -0.4 is 0 Å². The molecule has 30 heavy (non-hydrogen) atoms. The topological polar surface area (TPSA) is 62.6 Å². The van der Waals surface area contributed by atoms with E-state index in [1.807, 2.05) is 40.7 Å². The smallest absolute Gasteiger partial charge is 0.295 e. The number of benzene rings is 1. The number of rotatable bonds is 4. The number of carbonyl (C=O) groups is 3. The Hall–Kier alpha value is -2.63. The summed E-state index contributed by atoms with van der Waals surface area (Å²) in [6.45, 7) is 4.44.